The predicted molar refractivity (Wildman–Crippen MR) is 89.2 cm³/mol. The fourth-order valence-corrected chi connectivity index (χ4v) is 3.64. The number of aryl methyl sites for hydroxylation is 2. The van der Waals surface area contributed by atoms with Gasteiger partial charge < -0.3 is 10.5 Å². The summed E-state index contributed by atoms with van der Waals surface area (Å²) in [5.41, 5.74) is 9.01. The zero-order chi connectivity index (χ0) is 14.5. The highest BCUT2D eigenvalue weighted by Gasteiger charge is 2.12. The van der Waals surface area contributed by atoms with E-state index in [9.17, 15) is 0 Å². The lowest BCUT2D eigenvalue weighted by Crippen LogP contribution is -2.20. The Morgan fingerprint density at radius 1 is 1.19 bits per heavy atom. The number of hydrogen-bond acceptors (Lipinski definition) is 3. The third-order valence-corrected chi connectivity index (χ3v) is 5.07. The van der Waals surface area contributed by atoms with Crippen molar-refractivity contribution in [1.82, 2.24) is 0 Å². The molecule has 0 fully saturated rings. The molecular formula is C18H23NOS. The van der Waals surface area contributed by atoms with Gasteiger partial charge in [0.25, 0.3) is 0 Å². The van der Waals surface area contributed by atoms with Crippen LogP contribution in [0.1, 0.15) is 35.3 Å². The van der Waals surface area contributed by atoms with Crippen LogP contribution in [0.25, 0.3) is 0 Å². The SMILES string of the molecule is NC(CCCc1cccs1)CCc1ccc2c(c1)CCO2. The number of ether oxygens (including phenoxy) is 1. The molecule has 0 amide bonds. The van der Waals surface area contributed by atoms with Gasteiger partial charge in [-0.3, -0.25) is 0 Å². The van der Waals surface area contributed by atoms with Crippen LogP contribution in [0.2, 0.25) is 0 Å². The van der Waals surface area contributed by atoms with Crippen molar-refractivity contribution in [1.29, 1.82) is 0 Å². The summed E-state index contributed by atoms with van der Waals surface area (Å²) in [7, 11) is 0. The van der Waals surface area contributed by atoms with Gasteiger partial charge in [-0.15, -0.1) is 11.3 Å². The Labute approximate surface area is 130 Å². The fraction of sp³-hybridized carbons (Fsp3) is 0.444. The highest BCUT2D eigenvalue weighted by molar-refractivity contribution is 7.09. The molecule has 0 saturated heterocycles. The molecule has 0 aliphatic carbocycles. The lowest BCUT2D eigenvalue weighted by Gasteiger charge is -2.11. The van der Waals surface area contributed by atoms with Gasteiger partial charge in [0, 0.05) is 17.3 Å². The standard InChI is InChI=1S/C18H23NOS/c19-16(3-1-4-17-5-2-12-21-17)8-6-14-7-9-18-15(13-14)10-11-20-18/h2,5,7,9,12-13,16H,1,3-4,6,8,10-11,19H2. The van der Waals surface area contributed by atoms with E-state index in [1.165, 1.54) is 28.8 Å². The lowest BCUT2D eigenvalue weighted by atomic mass is 9.99. The molecule has 1 aromatic heterocycles. The third-order valence-electron chi connectivity index (χ3n) is 4.14. The number of fused-ring (bicyclic) bond motifs is 1. The average Bonchev–Trinajstić information content (AvgIpc) is 3.15. The molecule has 21 heavy (non-hydrogen) atoms. The molecule has 2 heterocycles. The summed E-state index contributed by atoms with van der Waals surface area (Å²) in [5.74, 6) is 1.07. The number of rotatable bonds is 7. The van der Waals surface area contributed by atoms with Gasteiger partial charge in [-0.05, 0) is 60.7 Å². The van der Waals surface area contributed by atoms with E-state index < -0.39 is 0 Å². The Hall–Kier alpha value is -1.32. The summed E-state index contributed by atoms with van der Waals surface area (Å²) in [6, 6.07) is 11.2. The van der Waals surface area contributed by atoms with Crippen molar-refractivity contribution in [3.63, 3.8) is 0 Å². The first-order valence-electron chi connectivity index (χ1n) is 7.84. The van der Waals surface area contributed by atoms with E-state index in [0.29, 0.717) is 6.04 Å². The summed E-state index contributed by atoms with van der Waals surface area (Å²) in [5, 5.41) is 2.15. The number of thiophene rings is 1. The monoisotopic (exact) mass is 301 g/mol. The van der Waals surface area contributed by atoms with Gasteiger partial charge in [0.15, 0.2) is 0 Å². The maximum atomic E-state index is 6.25. The smallest absolute Gasteiger partial charge is 0.122 e. The molecule has 1 aromatic carbocycles. The maximum absolute atomic E-state index is 6.25. The molecule has 1 unspecified atom stereocenters. The Balaban J connectivity index is 1.40. The largest absolute Gasteiger partial charge is 0.493 e. The molecule has 1 atom stereocenters. The van der Waals surface area contributed by atoms with Crippen molar-refractivity contribution in [2.24, 2.45) is 5.73 Å². The third kappa shape index (κ3) is 4.08. The van der Waals surface area contributed by atoms with Gasteiger partial charge in [0.1, 0.15) is 5.75 Å². The molecule has 2 nitrogen and oxygen atoms in total. The summed E-state index contributed by atoms with van der Waals surface area (Å²) in [6.07, 6.45) is 6.68. The van der Waals surface area contributed by atoms with Crippen molar-refractivity contribution < 1.29 is 4.74 Å². The van der Waals surface area contributed by atoms with Crippen molar-refractivity contribution in [3.05, 3.63) is 51.7 Å². The minimum Gasteiger partial charge on any atom is -0.493 e. The number of nitrogens with two attached hydrogens (primary N) is 1. The second-order valence-electron chi connectivity index (χ2n) is 5.81. The molecule has 1 aliphatic rings. The first-order valence-corrected chi connectivity index (χ1v) is 8.72. The Morgan fingerprint density at radius 3 is 3.00 bits per heavy atom. The predicted octanol–water partition coefficient (Wildman–Crippen LogP) is 3.97. The first kappa shape index (κ1) is 14.6. The molecule has 0 radical (unpaired) electrons. The van der Waals surface area contributed by atoms with Gasteiger partial charge in [0.05, 0.1) is 6.61 Å². The summed E-state index contributed by atoms with van der Waals surface area (Å²) >= 11 is 1.84. The van der Waals surface area contributed by atoms with Crippen LogP contribution in [0.15, 0.2) is 35.7 Å². The van der Waals surface area contributed by atoms with E-state index in [1.807, 2.05) is 11.3 Å². The van der Waals surface area contributed by atoms with E-state index in [0.717, 1.165) is 38.0 Å². The van der Waals surface area contributed by atoms with Crippen molar-refractivity contribution in [3.8, 4) is 5.75 Å². The fourth-order valence-electron chi connectivity index (χ4n) is 2.89. The summed E-state index contributed by atoms with van der Waals surface area (Å²) in [6.45, 7) is 0.834. The zero-order valence-electron chi connectivity index (χ0n) is 12.4. The highest BCUT2D eigenvalue weighted by atomic mass is 32.1. The van der Waals surface area contributed by atoms with Crippen LogP contribution in [-0.4, -0.2) is 12.6 Å². The maximum Gasteiger partial charge on any atom is 0.122 e. The van der Waals surface area contributed by atoms with Gasteiger partial charge in [-0.25, -0.2) is 0 Å². The van der Waals surface area contributed by atoms with Gasteiger partial charge >= 0.3 is 0 Å². The Morgan fingerprint density at radius 2 is 2.14 bits per heavy atom. The Bertz CT molecular complexity index is 565. The van der Waals surface area contributed by atoms with E-state index >= 15 is 0 Å². The van der Waals surface area contributed by atoms with Gasteiger partial charge in [-0.2, -0.15) is 0 Å². The van der Waals surface area contributed by atoms with Crippen LogP contribution in [0.3, 0.4) is 0 Å². The Kier molecular flexibility index (Phi) is 4.94. The number of benzene rings is 1. The summed E-state index contributed by atoms with van der Waals surface area (Å²) < 4.78 is 5.54. The molecule has 0 saturated carbocycles. The minimum atomic E-state index is 0.314. The normalized spacial score (nSPS) is 14.7. The van der Waals surface area contributed by atoms with E-state index in [-0.39, 0.29) is 0 Å². The van der Waals surface area contributed by atoms with Gasteiger partial charge in [0.2, 0.25) is 0 Å². The average molecular weight is 301 g/mol. The molecule has 2 N–H and O–H groups in total. The molecule has 3 heteroatoms. The van der Waals surface area contributed by atoms with E-state index in [1.54, 1.807) is 0 Å². The molecule has 0 bridgehead atoms. The molecular weight excluding hydrogens is 278 g/mol. The quantitative estimate of drug-likeness (QED) is 0.840. The molecule has 1 aliphatic heterocycles. The van der Waals surface area contributed by atoms with E-state index in [4.69, 9.17) is 10.5 Å². The highest BCUT2D eigenvalue weighted by Crippen LogP contribution is 2.26. The van der Waals surface area contributed by atoms with E-state index in [2.05, 4.69) is 35.7 Å². The molecule has 2 aromatic rings. The summed E-state index contributed by atoms with van der Waals surface area (Å²) in [4.78, 5) is 1.47. The van der Waals surface area contributed by atoms with Crippen LogP contribution in [0.4, 0.5) is 0 Å². The van der Waals surface area contributed by atoms with Crippen molar-refractivity contribution in [2.45, 2.75) is 44.6 Å². The van der Waals surface area contributed by atoms with Crippen molar-refractivity contribution in [2.75, 3.05) is 6.61 Å². The zero-order valence-corrected chi connectivity index (χ0v) is 13.2. The molecule has 112 valence electrons. The number of hydrogen-bond donors (Lipinski definition) is 1. The van der Waals surface area contributed by atoms with Crippen LogP contribution in [0, 0.1) is 0 Å². The second-order valence-corrected chi connectivity index (χ2v) is 6.84. The van der Waals surface area contributed by atoms with Crippen LogP contribution in [0.5, 0.6) is 5.75 Å². The second kappa shape index (κ2) is 7.10. The molecule has 3 rings (SSSR count). The van der Waals surface area contributed by atoms with Crippen molar-refractivity contribution >= 4 is 11.3 Å². The van der Waals surface area contributed by atoms with Crippen LogP contribution in [-0.2, 0) is 19.3 Å². The first-order chi connectivity index (χ1) is 10.3. The van der Waals surface area contributed by atoms with Gasteiger partial charge in [-0.1, -0.05) is 18.2 Å². The topological polar surface area (TPSA) is 35.2 Å². The van der Waals surface area contributed by atoms with Crippen LogP contribution < -0.4 is 10.5 Å². The molecule has 0 spiro atoms. The van der Waals surface area contributed by atoms with Crippen LogP contribution >= 0.6 is 11.3 Å². The lowest BCUT2D eigenvalue weighted by molar-refractivity contribution is 0.357. The minimum absolute atomic E-state index is 0.314.